The lowest BCUT2D eigenvalue weighted by Gasteiger charge is -2.33. The molecule has 0 saturated carbocycles. The molecule has 0 bridgehead atoms. The number of aromatic nitrogens is 1. The molecule has 1 unspecified atom stereocenters. The summed E-state index contributed by atoms with van der Waals surface area (Å²) in [5.74, 6) is 1.71. The molecule has 1 aliphatic rings. The van der Waals surface area contributed by atoms with E-state index >= 15 is 0 Å². The van der Waals surface area contributed by atoms with Gasteiger partial charge >= 0.3 is 0 Å². The van der Waals surface area contributed by atoms with Gasteiger partial charge in [-0.05, 0) is 38.1 Å². The molecule has 1 aliphatic heterocycles. The lowest BCUT2D eigenvalue weighted by Crippen LogP contribution is -2.44. The van der Waals surface area contributed by atoms with Gasteiger partial charge in [0.15, 0.2) is 5.96 Å². The number of rotatable bonds is 7. The van der Waals surface area contributed by atoms with Gasteiger partial charge in [-0.15, -0.1) is 0 Å². The van der Waals surface area contributed by atoms with Gasteiger partial charge in [-0.1, -0.05) is 36.4 Å². The minimum atomic E-state index is -0.983. The fraction of sp³-hybridized carbons (Fsp3) is 0.478. The maximum absolute atomic E-state index is 10.8. The van der Waals surface area contributed by atoms with Crippen molar-refractivity contribution in [1.82, 2.24) is 20.5 Å². The van der Waals surface area contributed by atoms with E-state index in [1.807, 2.05) is 43.5 Å². The number of nitrogens with one attached hydrogen (secondary N) is 2. The predicted molar refractivity (Wildman–Crippen MR) is 123 cm³/mol. The van der Waals surface area contributed by atoms with Crippen molar-refractivity contribution >= 4 is 11.8 Å². The van der Waals surface area contributed by atoms with E-state index in [0.717, 1.165) is 49.7 Å². The van der Waals surface area contributed by atoms with Crippen molar-refractivity contribution in [1.29, 1.82) is 0 Å². The Hall–Kier alpha value is -2.64. The van der Waals surface area contributed by atoms with Crippen LogP contribution in [-0.2, 0) is 12.1 Å². The number of likely N-dealkylation sites (N-methyl/N-ethyl adjacent to an activating group) is 1. The van der Waals surface area contributed by atoms with Crippen LogP contribution in [0.25, 0.3) is 0 Å². The van der Waals surface area contributed by atoms with Gasteiger partial charge in [-0.3, -0.25) is 0 Å². The summed E-state index contributed by atoms with van der Waals surface area (Å²) in [6, 6.07) is 13.8. The van der Waals surface area contributed by atoms with Gasteiger partial charge in [-0.25, -0.2) is 9.98 Å². The number of aliphatic imine (C=N–C) groups is 1. The molecule has 1 aromatic carbocycles. The molecule has 2 heterocycles. The third-order valence-electron chi connectivity index (χ3n) is 5.40. The molecule has 162 valence electrons. The van der Waals surface area contributed by atoms with Crippen molar-refractivity contribution in [2.45, 2.75) is 26.0 Å². The van der Waals surface area contributed by atoms with Crippen LogP contribution in [0.2, 0.25) is 0 Å². The van der Waals surface area contributed by atoms with Crippen LogP contribution in [0.4, 0.5) is 5.82 Å². The number of hydrogen-bond donors (Lipinski definition) is 3. The molecule has 1 atom stereocenters. The summed E-state index contributed by atoms with van der Waals surface area (Å²) in [6.07, 6.45) is 1.90. The Morgan fingerprint density at radius 3 is 2.47 bits per heavy atom. The van der Waals surface area contributed by atoms with Gasteiger partial charge in [0, 0.05) is 38.9 Å². The van der Waals surface area contributed by atoms with Crippen LogP contribution in [0, 0.1) is 0 Å². The van der Waals surface area contributed by atoms with Gasteiger partial charge in [0.05, 0.1) is 13.1 Å². The Balaban J connectivity index is 1.57. The lowest BCUT2D eigenvalue weighted by atomic mass is 9.96. The Morgan fingerprint density at radius 2 is 1.83 bits per heavy atom. The molecule has 0 spiro atoms. The Kier molecular flexibility index (Phi) is 7.65. The maximum Gasteiger partial charge on any atom is 0.191 e. The van der Waals surface area contributed by atoms with Gasteiger partial charge < -0.3 is 25.5 Å². The smallest absolute Gasteiger partial charge is 0.191 e. The zero-order valence-corrected chi connectivity index (χ0v) is 18.3. The summed E-state index contributed by atoms with van der Waals surface area (Å²) in [7, 11) is 2.15. The van der Waals surface area contributed by atoms with E-state index in [2.05, 4.69) is 49.6 Å². The van der Waals surface area contributed by atoms with E-state index in [-0.39, 0.29) is 0 Å². The minimum Gasteiger partial charge on any atom is -0.384 e. The third kappa shape index (κ3) is 6.18. The third-order valence-corrected chi connectivity index (χ3v) is 5.40. The second kappa shape index (κ2) is 10.4. The molecule has 0 radical (unpaired) electrons. The first-order chi connectivity index (χ1) is 14.5. The minimum absolute atomic E-state index is 0.365. The van der Waals surface area contributed by atoms with E-state index in [1.54, 1.807) is 6.92 Å². The van der Waals surface area contributed by atoms with Crippen LogP contribution in [-0.4, -0.2) is 67.3 Å². The Bertz CT molecular complexity index is 798. The number of anilines is 1. The predicted octanol–water partition coefficient (Wildman–Crippen LogP) is 1.80. The first-order valence-electron chi connectivity index (χ1n) is 10.7. The molecule has 1 aromatic heterocycles. The summed E-state index contributed by atoms with van der Waals surface area (Å²) < 4.78 is 0. The van der Waals surface area contributed by atoms with Crippen LogP contribution in [0.15, 0.2) is 53.7 Å². The number of hydrogen-bond acceptors (Lipinski definition) is 5. The molecule has 1 fully saturated rings. The van der Waals surface area contributed by atoms with Crippen LogP contribution >= 0.6 is 0 Å². The number of aliphatic hydroxyl groups is 1. The molecule has 3 rings (SSSR count). The van der Waals surface area contributed by atoms with Crippen LogP contribution in [0.5, 0.6) is 0 Å². The quantitative estimate of drug-likeness (QED) is 0.477. The molecule has 1 saturated heterocycles. The molecule has 2 aromatic rings. The summed E-state index contributed by atoms with van der Waals surface area (Å²) in [5.41, 5.74) is 0.945. The Morgan fingerprint density at radius 1 is 1.10 bits per heavy atom. The van der Waals surface area contributed by atoms with Crippen molar-refractivity contribution in [2.24, 2.45) is 4.99 Å². The molecule has 30 heavy (non-hydrogen) atoms. The average molecular weight is 411 g/mol. The van der Waals surface area contributed by atoms with Crippen LogP contribution in [0.3, 0.4) is 0 Å². The van der Waals surface area contributed by atoms with E-state index in [9.17, 15) is 5.11 Å². The Labute approximate surface area is 179 Å². The van der Waals surface area contributed by atoms with Gasteiger partial charge in [0.1, 0.15) is 11.4 Å². The largest absolute Gasteiger partial charge is 0.384 e. The average Bonchev–Trinajstić information content (AvgIpc) is 2.77. The molecule has 0 amide bonds. The fourth-order valence-corrected chi connectivity index (χ4v) is 3.40. The van der Waals surface area contributed by atoms with Crippen molar-refractivity contribution in [3.05, 3.63) is 59.8 Å². The molecular formula is C23H34N6O. The highest BCUT2D eigenvalue weighted by molar-refractivity contribution is 5.79. The molecule has 0 aliphatic carbocycles. The number of pyridine rings is 1. The normalized spacial score (nSPS) is 17.5. The molecule has 7 nitrogen and oxygen atoms in total. The summed E-state index contributed by atoms with van der Waals surface area (Å²) >= 11 is 0. The van der Waals surface area contributed by atoms with E-state index in [1.165, 1.54) is 0 Å². The lowest BCUT2D eigenvalue weighted by molar-refractivity contribution is 0.0617. The second-order valence-electron chi connectivity index (χ2n) is 8.00. The molecule has 7 heteroatoms. The first-order valence-corrected chi connectivity index (χ1v) is 10.7. The summed E-state index contributed by atoms with van der Waals surface area (Å²) in [5, 5.41) is 17.3. The monoisotopic (exact) mass is 410 g/mol. The summed E-state index contributed by atoms with van der Waals surface area (Å²) in [4.78, 5) is 14.0. The van der Waals surface area contributed by atoms with Crippen molar-refractivity contribution < 1.29 is 5.11 Å². The second-order valence-corrected chi connectivity index (χ2v) is 8.00. The van der Waals surface area contributed by atoms with E-state index in [4.69, 9.17) is 0 Å². The highest BCUT2D eigenvalue weighted by atomic mass is 16.3. The highest BCUT2D eigenvalue weighted by Crippen LogP contribution is 2.19. The summed E-state index contributed by atoms with van der Waals surface area (Å²) in [6.45, 7) is 9.63. The van der Waals surface area contributed by atoms with Crippen molar-refractivity contribution in [3.63, 3.8) is 0 Å². The topological polar surface area (TPSA) is 76.0 Å². The van der Waals surface area contributed by atoms with Gasteiger partial charge in [0.25, 0.3) is 0 Å². The highest BCUT2D eigenvalue weighted by Gasteiger charge is 2.23. The molecular weight excluding hydrogens is 376 g/mol. The van der Waals surface area contributed by atoms with Crippen molar-refractivity contribution in [3.8, 4) is 0 Å². The number of piperazine rings is 1. The molecule has 3 N–H and O–H groups in total. The fourth-order valence-electron chi connectivity index (χ4n) is 3.40. The van der Waals surface area contributed by atoms with Crippen LogP contribution < -0.4 is 15.5 Å². The van der Waals surface area contributed by atoms with Gasteiger partial charge in [-0.2, -0.15) is 0 Å². The SMILES string of the molecule is CCNC(=NCc1ccc(N2CCN(C)CC2)nc1)NCC(C)(O)c1ccccc1. The number of nitrogens with zero attached hydrogens (tertiary/aromatic N) is 4. The maximum atomic E-state index is 10.8. The van der Waals surface area contributed by atoms with Gasteiger partial charge in [0.2, 0.25) is 0 Å². The number of guanidine groups is 1. The van der Waals surface area contributed by atoms with Crippen LogP contribution in [0.1, 0.15) is 25.0 Å². The van der Waals surface area contributed by atoms with E-state index in [0.29, 0.717) is 19.0 Å². The van der Waals surface area contributed by atoms with E-state index < -0.39 is 5.60 Å². The first kappa shape index (κ1) is 22.1. The number of benzene rings is 1. The standard InChI is InChI=1S/C23H34N6O/c1-4-24-22(27-18-23(2,30)20-8-6-5-7-9-20)26-17-19-10-11-21(25-16-19)29-14-12-28(3)13-15-29/h5-11,16,30H,4,12-15,17-18H2,1-3H3,(H2,24,26,27). The zero-order valence-electron chi connectivity index (χ0n) is 18.3. The zero-order chi connectivity index (χ0) is 21.4. The van der Waals surface area contributed by atoms with Crippen molar-refractivity contribution in [2.75, 3.05) is 51.2 Å².